The molecule has 6 nitrogen and oxygen atoms in total. The molecular formula is C17H17NO5S. The molecule has 1 heterocycles. The molecule has 2 aromatic carbocycles. The van der Waals surface area contributed by atoms with Crippen molar-refractivity contribution in [3.63, 3.8) is 0 Å². The van der Waals surface area contributed by atoms with E-state index in [2.05, 4.69) is 4.72 Å². The largest absolute Gasteiger partial charge is 0.478 e. The van der Waals surface area contributed by atoms with Crippen molar-refractivity contribution < 1.29 is 23.1 Å². The molecule has 0 saturated carbocycles. The Hall–Kier alpha value is -2.22. The molecule has 0 bridgehead atoms. The second-order valence-corrected chi connectivity index (χ2v) is 7.30. The van der Waals surface area contributed by atoms with Crippen LogP contribution in [0.3, 0.4) is 0 Å². The SMILES string of the molecule is O=C(O)c1ccccc1CCNS(=O)(=O)c1ccc2c(c1)COC2. The van der Waals surface area contributed by atoms with E-state index in [1.165, 1.54) is 6.07 Å². The molecule has 0 radical (unpaired) electrons. The average molecular weight is 347 g/mol. The molecule has 0 atom stereocenters. The molecule has 0 amide bonds. The Bertz CT molecular complexity index is 876. The van der Waals surface area contributed by atoms with Crippen molar-refractivity contribution in [2.45, 2.75) is 24.5 Å². The lowest BCUT2D eigenvalue weighted by atomic mass is 10.1. The van der Waals surface area contributed by atoms with Gasteiger partial charge in [-0.2, -0.15) is 0 Å². The molecule has 1 aliphatic rings. The maximum Gasteiger partial charge on any atom is 0.335 e. The van der Waals surface area contributed by atoms with E-state index >= 15 is 0 Å². The van der Waals surface area contributed by atoms with Crippen LogP contribution in [0.15, 0.2) is 47.4 Å². The third kappa shape index (κ3) is 3.48. The summed E-state index contributed by atoms with van der Waals surface area (Å²) >= 11 is 0. The summed E-state index contributed by atoms with van der Waals surface area (Å²) in [5.74, 6) is -1.02. The predicted molar refractivity (Wildman–Crippen MR) is 87.2 cm³/mol. The number of fused-ring (bicyclic) bond motifs is 1. The third-order valence-electron chi connectivity index (χ3n) is 3.94. The molecule has 0 spiro atoms. The molecule has 126 valence electrons. The predicted octanol–water partition coefficient (Wildman–Crippen LogP) is 1.94. The summed E-state index contributed by atoms with van der Waals surface area (Å²) in [4.78, 5) is 11.4. The molecule has 0 aliphatic carbocycles. The average Bonchev–Trinajstić information content (AvgIpc) is 3.02. The van der Waals surface area contributed by atoms with E-state index in [0.717, 1.165) is 11.1 Å². The number of benzene rings is 2. The van der Waals surface area contributed by atoms with E-state index in [9.17, 15) is 13.2 Å². The number of ether oxygens (including phenoxy) is 1. The van der Waals surface area contributed by atoms with E-state index in [1.807, 2.05) is 0 Å². The van der Waals surface area contributed by atoms with Gasteiger partial charge >= 0.3 is 5.97 Å². The summed E-state index contributed by atoms with van der Waals surface area (Å²) in [5, 5.41) is 9.14. The second kappa shape index (κ2) is 6.72. The molecule has 24 heavy (non-hydrogen) atoms. The summed E-state index contributed by atoms with van der Waals surface area (Å²) in [7, 11) is -3.64. The number of carboxylic acid groups (broad SMARTS) is 1. The van der Waals surface area contributed by atoms with Gasteiger partial charge in [0, 0.05) is 6.54 Å². The van der Waals surface area contributed by atoms with Gasteiger partial charge in [-0.15, -0.1) is 0 Å². The van der Waals surface area contributed by atoms with E-state index in [1.54, 1.807) is 36.4 Å². The van der Waals surface area contributed by atoms with Crippen LogP contribution >= 0.6 is 0 Å². The topological polar surface area (TPSA) is 92.7 Å². The van der Waals surface area contributed by atoms with Gasteiger partial charge in [-0.05, 0) is 41.3 Å². The Kier molecular flexibility index (Phi) is 4.66. The van der Waals surface area contributed by atoms with Gasteiger partial charge in [-0.1, -0.05) is 24.3 Å². The fourth-order valence-corrected chi connectivity index (χ4v) is 3.75. The Morgan fingerprint density at radius 1 is 1.12 bits per heavy atom. The normalized spacial score (nSPS) is 13.7. The van der Waals surface area contributed by atoms with Crippen LogP contribution in [0.25, 0.3) is 0 Å². The second-order valence-electron chi connectivity index (χ2n) is 5.53. The van der Waals surface area contributed by atoms with Gasteiger partial charge < -0.3 is 9.84 Å². The Morgan fingerprint density at radius 2 is 1.88 bits per heavy atom. The minimum atomic E-state index is -3.64. The van der Waals surface area contributed by atoms with Crippen molar-refractivity contribution in [2.75, 3.05) is 6.54 Å². The minimum Gasteiger partial charge on any atom is -0.478 e. The van der Waals surface area contributed by atoms with E-state index in [4.69, 9.17) is 9.84 Å². The number of aromatic carboxylic acids is 1. The number of nitrogens with one attached hydrogen (secondary N) is 1. The molecule has 0 saturated heterocycles. The first-order chi connectivity index (χ1) is 11.5. The van der Waals surface area contributed by atoms with Gasteiger partial charge in [-0.3, -0.25) is 0 Å². The molecule has 0 unspecified atom stereocenters. The van der Waals surface area contributed by atoms with Gasteiger partial charge in [0.15, 0.2) is 0 Å². The number of hydrogen-bond donors (Lipinski definition) is 2. The summed E-state index contributed by atoms with van der Waals surface area (Å²) in [6.07, 6.45) is 0.301. The fraction of sp³-hybridized carbons (Fsp3) is 0.235. The van der Waals surface area contributed by atoms with Crippen LogP contribution in [0.2, 0.25) is 0 Å². The molecule has 1 aliphatic heterocycles. The highest BCUT2D eigenvalue weighted by atomic mass is 32.2. The van der Waals surface area contributed by atoms with Gasteiger partial charge in [0.1, 0.15) is 0 Å². The van der Waals surface area contributed by atoms with Crippen LogP contribution in [0, 0.1) is 0 Å². The lowest BCUT2D eigenvalue weighted by Crippen LogP contribution is -2.26. The highest BCUT2D eigenvalue weighted by molar-refractivity contribution is 7.89. The van der Waals surface area contributed by atoms with Gasteiger partial charge in [0.2, 0.25) is 10.0 Å². The first-order valence-corrected chi connectivity index (χ1v) is 8.96. The first kappa shape index (κ1) is 16.6. The van der Waals surface area contributed by atoms with Crippen LogP contribution in [0.4, 0.5) is 0 Å². The van der Waals surface area contributed by atoms with E-state index < -0.39 is 16.0 Å². The molecule has 0 fully saturated rings. The standard InChI is InChI=1S/C17H17NO5S/c19-17(20)16-4-2-1-3-12(16)7-8-18-24(21,22)15-6-5-13-10-23-11-14(13)9-15/h1-6,9,18H,7-8,10-11H2,(H,19,20). The number of hydrogen-bond acceptors (Lipinski definition) is 4. The Balaban J connectivity index is 1.69. The first-order valence-electron chi connectivity index (χ1n) is 7.48. The van der Waals surface area contributed by atoms with Gasteiger partial charge in [0.05, 0.1) is 23.7 Å². The van der Waals surface area contributed by atoms with Gasteiger partial charge in [-0.25, -0.2) is 17.9 Å². The van der Waals surface area contributed by atoms with Crippen molar-refractivity contribution >= 4 is 16.0 Å². The number of carboxylic acids is 1. The van der Waals surface area contributed by atoms with Crippen LogP contribution in [0.1, 0.15) is 27.0 Å². The zero-order valence-electron chi connectivity index (χ0n) is 12.9. The quantitative estimate of drug-likeness (QED) is 0.833. The highest BCUT2D eigenvalue weighted by Crippen LogP contribution is 2.23. The summed E-state index contributed by atoms with van der Waals surface area (Å²) in [5.41, 5.74) is 2.67. The van der Waals surface area contributed by atoms with Gasteiger partial charge in [0.25, 0.3) is 0 Å². The van der Waals surface area contributed by atoms with E-state index in [-0.39, 0.29) is 17.0 Å². The number of carbonyl (C=O) groups is 1. The Labute approximate surface area is 140 Å². The molecular weight excluding hydrogens is 330 g/mol. The lowest BCUT2D eigenvalue weighted by Gasteiger charge is -2.09. The van der Waals surface area contributed by atoms with Crippen molar-refractivity contribution in [1.82, 2.24) is 4.72 Å². The van der Waals surface area contributed by atoms with Crippen molar-refractivity contribution in [2.24, 2.45) is 0 Å². The monoisotopic (exact) mass is 347 g/mol. The maximum absolute atomic E-state index is 12.4. The zero-order valence-corrected chi connectivity index (χ0v) is 13.7. The summed E-state index contributed by atoms with van der Waals surface area (Å²) < 4.78 is 32.6. The van der Waals surface area contributed by atoms with Crippen LogP contribution < -0.4 is 4.72 Å². The Morgan fingerprint density at radius 3 is 2.67 bits per heavy atom. The molecule has 7 heteroatoms. The number of rotatable bonds is 6. The lowest BCUT2D eigenvalue weighted by molar-refractivity contribution is 0.0695. The highest BCUT2D eigenvalue weighted by Gasteiger charge is 2.18. The zero-order chi connectivity index (χ0) is 17.2. The summed E-state index contributed by atoms with van der Waals surface area (Å²) in [6.45, 7) is 1.06. The number of sulfonamides is 1. The van der Waals surface area contributed by atoms with Crippen molar-refractivity contribution in [3.05, 3.63) is 64.7 Å². The maximum atomic E-state index is 12.4. The van der Waals surface area contributed by atoms with Crippen LogP contribution in [-0.4, -0.2) is 26.0 Å². The van der Waals surface area contributed by atoms with Crippen molar-refractivity contribution in [3.8, 4) is 0 Å². The molecule has 2 aromatic rings. The van der Waals surface area contributed by atoms with Crippen LogP contribution in [-0.2, 0) is 34.4 Å². The van der Waals surface area contributed by atoms with Crippen LogP contribution in [0.5, 0.6) is 0 Å². The van der Waals surface area contributed by atoms with Crippen molar-refractivity contribution in [1.29, 1.82) is 0 Å². The third-order valence-corrected chi connectivity index (χ3v) is 5.40. The minimum absolute atomic E-state index is 0.125. The smallest absolute Gasteiger partial charge is 0.335 e. The molecule has 3 rings (SSSR count). The van der Waals surface area contributed by atoms with E-state index in [0.29, 0.717) is 25.2 Å². The molecule has 2 N–H and O–H groups in total. The fourth-order valence-electron chi connectivity index (χ4n) is 2.67. The molecule has 0 aromatic heterocycles. The summed E-state index contributed by atoms with van der Waals surface area (Å²) in [6, 6.07) is 11.5.